The Hall–Kier alpha value is -2.13. The van der Waals surface area contributed by atoms with Gasteiger partial charge in [0.25, 0.3) is 0 Å². The third kappa shape index (κ3) is 4.71. The molecule has 1 atom stereocenters. The Balaban J connectivity index is 2.14. The first kappa shape index (κ1) is 16.2. The second kappa shape index (κ2) is 8.35. The number of hydrogen-bond donors (Lipinski definition) is 0. The molecule has 22 heavy (non-hydrogen) atoms. The minimum absolute atomic E-state index is 0.0143. The maximum absolute atomic E-state index is 11.9. The van der Waals surface area contributed by atoms with Gasteiger partial charge in [-0.15, -0.1) is 0 Å². The summed E-state index contributed by atoms with van der Waals surface area (Å²) < 4.78 is 5.13. The molecule has 116 valence electrons. The van der Waals surface area contributed by atoms with E-state index in [9.17, 15) is 4.79 Å². The molecule has 0 N–H and O–H groups in total. The highest BCUT2D eigenvalue weighted by Crippen LogP contribution is 2.25. The molecule has 0 spiro atoms. The van der Waals surface area contributed by atoms with Crippen LogP contribution in [0.1, 0.15) is 30.5 Å². The molecule has 3 nitrogen and oxygen atoms in total. The van der Waals surface area contributed by atoms with Gasteiger partial charge >= 0.3 is 5.97 Å². The summed E-state index contributed by atoms with van der Waals surface area (Å²) in [6, 6.07) is 20.4. The minimum Gasteiger partial charge on any atom is -0.466 e. The molecular weight excluding hydrogens is 274 g/mol. The van der Waals surface area contributed by atoms with Crippen molar-refractivity contribution in [2.75, 3.05) is 13.7 Å². The number of hydrogen-bond acceptors (Lipinski definition) is 3. The Labute approximate surface area is 132 Å². The molecule has 0 saturated heterocycles. The second-order valence-corrected chi connectivity index (χ2v) is 5.34. The molecular formula is C19H23NO2. The largest absolute Gasteiger partial charge is 0.466 e. The predicted octanol–water partition coefficient (Wildman–Crippen LogP) is 3.81. The fourth-order valence-electron chi connectivity index (χ4n) is 2.56. The molecule has 0 aliphatic heterocycles. The molecule has 0 radical (unpaired) electrons. The predicted molar refractivity (Wildman–Crippen MR) is 88.3 cm³/mol. The molecule has 2 aromatic carbocycles. The van der Waals surface area contributed by atoms with E-state index in [0.717, 1.165) is 12.1 Å². The van der Waals surface area contributed by atoms with Crippen molar-refractivity contribution in [2.45, 2.75) is 25.9 Å². The lowest BCUT2D eigenvalue weighted by Gasteiger charge is -2.28. The van der Waals surface area contributed by atoms with Crippen molar-refractivity contribution in [3.8, 4) is 0 Å². The standard InChI is InChI=1S/C19H23NO2/c1-3-22-19(21)14-18(17-12-8-5-9-13-17)20(2)15-16-10-6-4-7-11-16/h4-13,18H,3,14-15H2,1-2H3. The molecule has 0 fully saturated rings. The summed E-state index contributed by atoms with van der Waals surface area (Å²) in [5, 5.41) is 0. The van der Waals surface area contributed by atoms with Crippen molar-refractivity contribution in [2.24, 2.45) is 0 Å². The van der Waals surface area contributed by atoms with Crippen LogP contribution < -0.4 is 0 Å². The van der Waals surface area contributed by atoms with E-state index in [0.29, 0.717) is 13.0 Å². The summed E-state index contributed by atoms with van der Waals surface area (Å²) in [5.41, 5.74) is 2.36. The van der Waals surface area contributed by atoms with Crippen LogP contribution in [-0.2, 0) is 16.1 Å². The second-order valence-electron chi connectivity index (χ2n) is 5.34. The molecule has 0 saturated carbocycles. The number of carbonyl (C=O) groups excluding carboxylic acids is 1. The van der Waals surface area contributed by atoms with Crippen molar-refractivity contribution in [1.29, 1.82) is 0 Å². The molecule has 0 amide bonds. The van der Waals surface area contributed by atoms with E-state index in [-0.39, 0.29) is 12.0 Å². The fourth-order valence-corrected chi connectivity index (χ4v) is 2.56. The summed E-state index contributed by atoms with van der Waals surface area (Å²) in [4.78, 5) is 14.1. The van der Waals surface area contributed by atoms with Gasteiger partial charge in [0.05, 0.1) is 13.0 Å². The van der Waals surface area contributed by atoms with Crippen molar-refractivity contribution >= 4 is 5.97 Å². The summed E-state index contributed by atoms with van der Waals surface area (Å²) >= 11 is 0. The van der Waals surface area contributed by atoms with Gasteiger partial charge in [0, 0.05) is 12.6 Å². The number of benzene rings is 2. The number of ether oxygens (including phenoxy) is 1. The fraction of sp³-hybridized carbons (Fsp3) is 0.316. The summed E-state index contributed by atoms with van der Waals surface area (Å²) in [6.07, 6.45) is 0.362. The zero-order chi connectivity index (χ0) is 15.8. The monoisotopic (exact) mass is 297 g/mol. The van der Waals surface area contributed by atoms with E-state index in [4.69, 9.17) is 4.74 Å². The molecule has 0 bridgehead atoms. The first-order chi connectivity index (χ1) is 10.7. The lowest BCUT2D eigenvalue weighted by Crippen LogP contribution is -2.27. The Morgan fingerprint density at radius 2 is 1.64 bits per heavy atom. The topological polar surface area (TPSA) is 29.5 Å². The van der Waals surface area contributed by atoms with Crippen LogP contribution in [0.15, 0.2) is 60.7 Å². The van der Waals surface area contributed by atoms with Crippen molar-refractivity contribution in [3.05, 3.63) is 71.8 Å². The molecule has 1 unspecified atom stereocenters. The smallest absolute Gasteiger partial charge is 0.307 e. The molecule has 0 aliphatic carbocycles. The normalized spacial score (nSPS) is 12.1. The van der Waals surface area contributed by atoms with Gasteiger partial charge in [0.15, 0.2) is 0 Å². The van der Waals surface area contributed by atoms with Crippen LogP contribution in [0.25, 0.3) is 0 Å². The molecule has 3 heteroatoms. The highest BCUT2D eigenvalue weighted by Gasteiger charge is 2.21. The number of carbonyl (C=O) groups is 1. The molecule has 2 rings (SSSR count). The molecule has 0 aliphatic rings. The van der Waals surface area contributed by atoms with Crippen molar-refractivity contribution in [1.82, 2.24) is 4.90 Å². The average molecular weight is 297 g/mol. The first-order valence-corrected chi connectivity index (χ1v) is 7.65. The van der Waals surface area contributed by atoms with Crippen LogP contribution in [0.5, 0.6) is 0 Å². The maximum atomic E-state index is 11.9. The molecule has 0 heterocycles. The third-order valence-corrected chi connectivity index (χ3v) is 3.66. The van der Waals surface area contributed by atoms with E-state index in [1.165, 1.54) is 5.56 Å². The molecule has 0 aromatic heterocycles. The van der Waals surface area contributed by atoms with Crippen LogP contribution in [0, 0.1) is 0 Å². The van der Waals surface area contributed by atoms with Crippen LogP contribution in [0.3, 0.4) is 0 Å². The lowest BCUT2D eigenvalue weighted by atomic mass is 10.0. The quantitative estimate of drug-likeness (QED) is 0.728. The Kier molecular flexibility index (Phi) is 6.16. The number of esters is 1. The van der Waals surface area contributed by atoms with Crippen LogP contribution >= 0.6 is 0 Å². The van der Waals surface area contributed by atoms with Crippen LogP contribution in [0.2, 0.25) is 0 Å². The number of rotatable bonds is 7. The van der Waals surface area contributed by atoms with E-state index in [1.54, 1.807) is 0 Å². The van der Waals surface area contributed by atoms with Crippen LogP contribution in [0.4, 0.5) is 0 Å². The van der Waals surface area contributed by atoms with Gasteiger partial charge in [-0.2, -0.15) is 0 Å². The highest BCUT2D eigenvalue weighted by atomic mass is 16.5. The van der Waals surface area contributed by atoms with E-state index < -0.39 is 0 Å². The Morgan fingerprint density at radius 1 is 1.05 bits per heavy atom. The zero-order valence-electron chi connectivity index (χ0n) is 13.2. The van der Waals surface area contributed by atoms with Gasteiger partial charge < -0.3 is 4.74 Å². The van der Waals surface area contributed by atoms with Gasteiger partial charge in [0.2, 0.25) is 0 Å². The average Bonchev–Trinajstić information content (AvgIpc) is 2.54. The summed E-state index contributed by atoms with van der Waals surface area (Å²) in [7, 11) is 2.05. The van der Waals surface area contributed by atoms with E-state index in [2.05, 4.69) is 29.2 Å². The van der Waals surface area contributed by atoms with Gasteiger partial charge in [-0.3, -0.25) is 9.69 Å². The SMILES string of the molecule is CCOC(=O)CC(c1ccccc1)N(C)Cc1ccccc1. The van der Waals surface area contributed by atoms with Gasteiger partial charge in [-0.1, -0.05) is 60.7 Å². The Bertz CT molecular complexity index is 569. The molecule has 2 aromatic rings. The third-order valence-electron chi connectivity index (χ3n) is 3.66. The van der Waals surface area contributed by atoms with Gasteiger partial charge in [-0.25, -0.2) is 0 Å². The van der Waals surface area contributed by atoms with Crippen LogP contribution in [-0.4, -0.2) is 24.5 Å². The summed E-state index contributed by atoms with van der Waals surface area (Å²) in [5.74, 6) is -0.156. The maximum Gasteiger partial charge on any atom is 0.307 e. The highest BCUT2D eigenvalue weighted by molar-refractivity contribution is 5.70. The van der Waals surface area contributed by atoms with Crippen molar-refractivity contribution in [3.63, 3.8) is 0 Å². The zero-order valence-corrected chi connectivity index (χ0v) is 13.2. The lowest BCUT2D eigenvalue weighted by molar-refractivity contribution is -0.144. The Morgan fingerprint density at radius 3 is 2.23 bits per heavy atom. The first-order valence-electron chi connectivity index (χ1n) is 7.65. The van der Waals surface area contributed by atoms with E-state index in [1.807, 2.05) is 50.4 Å². The number of nitrogens with zero attached hydrogens (tertiary/aromatic N) is 1. The minimum atomic E-state index is -0.156. The van der Waals surface area contributed by atoms with Crippen molar-refractivity contribution < 1.29 is 9.53 Å². The van der Waals surface area contributed by atoms with Gasteiger partial charge in [-0.05, 0) is 25.1 Å². The van der Waals surface area contributed by atoms with Gasteiger partial charge in [0.1, 0.15) is 0 Å². The van der Waals surface area contributed by atoms with E-state index >= 15 is 0 Å². The summed E-state index contributed by atoms with van der Waals surface area (Å²) in [6.45, 7) is 3.05.